The number of furan rings is 1. The monoisotopic (exact) mass is 1180 g/mol. The highest BCUT2D eigenvalue weighted by Gasteiger charge is 2.27. The topological polar surface area (TPSA) is 23.0 Å². The van der Waals surface area contributed by atoms with E-state index < -0.39 is 0 Å². The lowest BCUT2D eigenvalue weighted by Crippen LogP contribution is -2.02. The molecule has 0 N–H and O–H groups in total. The summed E-state index contributed by atoms with van der Waals surface area (Å²) < 4.78 is 12.3. The highest BCUT2D eigenvalue weighted by atomic mass is 16.3. The van der Waals surface area contributed by atoms with Gasteiger partial charge in [-0.15, -0.1) is 0 Å². The van der Waals surface area contributed by atoms with E-state index in [1.807, 2.05) is 0 Å². The van der Waals surface area contributed by atoms with Gasteiger partial charge in [-0.05, 0) is 162 Å². The second kappa shape index (κ2) is 22.3. The van der Waals surface area contributed by atoms with Gasteiger partial charge < -0.3 is 13.6 Å². The largest absolute Gasteiger partial charge is 0.455 e. The smallest absolute Gasteiger partial charge is 0.145 e. The van der Waals surface area contributed by atoms with Crippen molar-refractivity contribution < 1.29 is 4.42 Å². The summed E-state index contributed by atoms with van der Waals surface area (Å²) in [5, 5.41) is 6.78. The molecule has 15 aromatic carbocycles. The third-order valence-electron chi connectivity index (χ3n) is 19.0. The van der Waals surface area contributed by atoms with Crippen LogP contribution in [0.2, 0.25) is 0 Å². The summed E-state index contributed by atoms with van der Waals surface area (Å²) in [5.74, 6) is 0. The quantitative estimate of drug-likeness (QED) is 0.127. The number of hydrogen-bond acceptors (Lipinski definition) is 1. The predicted octanol–water partition coefficient (Wildman–Crippen LogP) is 24.8. The minimum atomic E-state index is 0.832. The molecule has 0 saturated carbocycles. The van der Waals surface area contributed by atoms with Crippen molar-refractivity contribution in [2.45, 2.75) is 0 Å². The van der Waals surface area contributed by atoms with E-state index in [2.05, 4.69) is 361 Å². The van der Waals surface area contributed by atoms with E-state index in [9.17, 15) is 0 Å². The average Bonchev–Trinajstić information content (AvgIpc) is 1.59. The maximum atomic E-state index is 7.31. The highest BCUT2D eigenvalue weighted by Crippen LogP contribution is 2.49. The molecule has 0 aliphatic rings. The van der Waals surface area contributed by atoms with E-state index in [-0.39, 0.29) is 0 Å². The lowest BCUT2D eigenvalue weighted by Gasteiger charge is -2.19. The van der Waals surface area contributed by atoms with Gasteiger partial charge in [0.2, 0.25) is 0 Å². The van der Waals surface area contributed by atoms with Crippen LogP contribution in [0, 0.1) is 0 Å². The highest BCUT2D eigenvalue weighted by molar-refractivity contribution is 6.18. The van der Waals surface area contributed by atoms with Crippen molar-refractivity contribution in [1.29, 1.82) is 0 Å². The third kappa shape index (κ3) is 9.04. The van der Waals surface area contributed by atoms with Crippen LogP contribution in [0.5, 0.6) is 0 Å². The number of hydrogen-bond donors (Lipinski definition) is 0. The Bertz CT molecular complexity index is 5630. The summed E-state index contributed by atoms with van der Waals surface area (Å²) in [7, 11) is 0. The summed E-state index contributed by atoms with van der Waals surface area (Å²) in [6, 6.07) is 129. The van der Waals surface area contributed by atoms with E-state index >= 15 is 0 Å². The van der Waals surface area contributed by atoms with Gasteiger partial charge in [-0.1, -0.05) is 279 Å². The van der Waals surface area contributed by atoms with Gasteiger partial charge in [-0.25, -0.2) is 0 Å². The molecule has 0 aliphatic heterocycles. The second-order valence-corrected chi connectivity index (χ2v) is 24.2. The Morgan fingerprint density at radius 2 is 0.473 bits per heavy atom. The Morgan fingerprint density at radius 1 is 0.183 bits per heavy atom. The van der Waals surface area contributed by atoms with Crippen molar-refractivity contribution in [3.63, 3.8) is 0 Å². The Balaban J connectivity index is 0.906. The zero-order valence-corrected chi connectivity index (χ0v) is 50.8. The Hall–Kier alpha value is -12.3. The van der Waals surface area contributed by atoms with Crippen LogP contribution in [0.1, 0.15) is 0 Å². The molecule has 434 valence electrons. The summed E-state index contributed by atoms with van der Waals surface area (Å²) in [4.78, 5) is 0. The van der Waals surface area contributed by atoms with Gasteiger partial charge in [-0.3, -0.25) is 0 Å². The molecule has 0 spiro atoms. The first-order valence-corrected chi connectivity index (χ1v) is 32.0. The van der Waals surface area contributed by atoms with Crippen molar-refractivity contribution in [3.8, 4) is 112 Å². The number of nitrogens with zero attached hydrogens (tertiary/aromatic N) is 2. The zero-order chi connectivity index (χ0) is 61.3. The number of fused-ring (bicyclic) bond motifs is 9. The van der Waals surface area contributed by atoms with Gasteiger partial charge in [0.05, 0.1) is 39.0 Å². The lowest BCUT2D eigenvalue weighted by molar-refractivity contribution is 0.669. The number of rotatable bonds is 11. The normalized spacial score (nSPS) is 11.7. The molecule has 3 heterocycles. The van der Waals surface area contributed by atoms with Gasteiger partial charge >= 0.3 is 0 Å². The molecule has 0 bridgehead atoms. The van der Waals surface area contributed by atoms with Crippen LogP contribution in [-0.4, -0.2) is 9.13 Å². The van der Waals surface area contributed by atoms with Crippen LogP contribution in [0.15, 0.2) is 356 Å². The molecule has 0 fully saturated rings. The fourth-order valence-electron chi connectivity index (χ4n) is 14.8. The van der Waals surface area contributed by atoms with E-state index in [0.29, 0.717) is 0 Å². The van der Waals surface area contributed by atoms with E-state index in [4.69, 9.17) is 4.42 Å². The molecule has 0 amide bonds. The lowest BCUT2D eigenvalue weighted by atomic mass is 9.92. The van der Waals surface area contributed by atoms with Gasteiger partial charge in [-0.2, -0.15) is 0 Å². The Morgan fingerprint density at radius 3 is 0.839 bits per heavy atom. The van der Waals surface area contributed by atoms with Crippen LogP contribution in [0.25, 0.3) is 177 Å². The number of aromatic nitrogens is 2. The number of para-hydroxylation sites is 2. The fourth-order valence-corrected chi connectivity index (χ4v) is 14.8. The molecule has 0 saturated heterocycles. The van der Waals surface area contributed by atoms with Crippen molar-refractivity contribution in [3.05, 3.63) is 352 Å². The summed E-state index contributed by atoms with van der Waals surface area (Å²) in [6.45, 7) is 0. The predicted molar refractivity (Wildman–Crippen MR) is 391 cm³/mol. The average molecular weight is 1180 g/mol. The van der Waals surface area contributed by atoms with Crippen LogP contribution >= 0.6 is 0 Å². The van der Waals surface area contributed by atoms with Crippen LogP contribution in [-0.2, 0) is 0 Å². The number of benzene rings is 15. The Kier molecular flexibility index (Phi) is 12.9. The molecule has 0 aliphatic carbocycles. The summed E-state index contributed by atoms with van der Waals surface area (Å²) in [6.07, 6.45) is 0. The maximum absolute atomic E-state index is 7.31. The van der Waals surface area contributed by atoms with Crippen molar-refractivity contribution in [2.24, 2.45) is 0 Å². The van der Waals surface area contributed by atoms with Crippen molar-refractivity contribution in [1.82, 2.24) is 9.13 Å². The molecular formula is C90H58N2O. The summed E-state index contributed by atoms with van der Waals surface area (Å²) >= 11 is 0. The molecule has 3 aromatic heterocycles. The molecule has 3 nitrogen and oxygen atoms in total. The standard InChI is InChI=1S/C90H58N2O/c1-5-25-59(26-6-1)67-33-13-17-37-71(67)63-45-50-83-78(55-63)79-56-64(72-38-18-14-34-68(72)60-27-7-2-8-28-60)46-51-84(79)91(83)82-43-23-21-42-77(82)89-87(54-49-76-75-41-22-24-44-88(75)93-90(76)89)92-85-52-47-65(73-39-19-15-35-69(73)61-29-9-3-10-30-61)57-80(85)81-58-66(48-53-86(81)92)74-40-20-16-36-70(74)62-31-11-4-12-32-62/h1-58H. The third-order valence-corrected chi connectivity index (χ3v) is 19.0. The van der Waals surface area contributed by atoms with Crippen LogP contribution in [0.3, 0.4) is 0 Å². The Labute approximate surface area is 539 Å². The molecule has 93 heavy (non-hydrogen) atoms. The van der Waals surface area contributed by atoms with E-state index in [0.717, 1.165) is 110 Å². The fraction of sp³-hybridized carbons (Fsp3) is 0. The zero-order valence-electron chi connectivity index (χ0n) is 50.8. The minimum Gasteiger partial charge on any atom is -0.455 e. The van der Waals surface area contributed by atoms with E-state index in [1.165, 1.54) is 66.8 Å². The molecule has 3 heteroatoms. The first-order chi connectivity index (χ1) is 46.2. The summed E-state index contributed by atoms with van der Waals surface area (Å²) in [5.41, 5.74) is 29.1. The van der Waals surface area contributed by atoms with Crippen molar-refractivity contribution >= 4 is 65.6 Å². The second-order valence-electron chi connectivity index (χ2n) is 24.2. The van der Waals surface area contributed by atoms with Gasteiger partial charge in [0.15, 0.2) is 0 Å². The SMILES string of the molecule is c1ccc(-c2ccccc2-c2ccc3c(c2)c2cc(-c4ccccc4-c4ccccc4)ccc2n3-c2ccccc2-c2c(-n3c4ccc(-c5ccccc5-c5ccccc5)cc4c4cc(-c5ccccc5-c5ccccc5)ccc43)ccc3c2oc2ccccc23)cc1. The molecule has 18 aromatic rings. The maximum Gasteiger partial charge on any atom is 0.145 e. The van der Waals surface area contributed by atoms with E-state index in [1.54, 1.807) is 0 Å². The van der Waals surface area contributed by atoms with Crippen LogP contribution in [0.4, 0.5) is 0 Å². The van der Waals surface area contributed by atoms with Crippen molar-refractivity contribution in [2.75, 3.05) is 0 Å². The first kappa shape index (κ1) is 53.7. The first-order valence-electron chi connectivity index (χ1n) is 32.0. The molecule has 0 radical (unpaired) electrons. The molecular weight excluding hydrogens is 1130 g/mol. The molecule has 0 atom stereocenters. The van der Waals surface area contributed by atoms with Gasteiger partial charge in [0.25, 0.3) is 0 Å². The minimum absolute atomic E-state index is 0.832. The van der Waals surface area contributed by atoms with Gasteiger partial charge in [0.1, 0.15) is 11.2 Å². The van der Waals surface area contributed by atoms with Gasteiger partial charge in [0, 0.05) is 37.9 Å². The van der Waals surface area contributed by atoms with Crippen LogP contribution < -0.4 is 0 Å². The molecule has 0 unspecified atom stereocenters. The molecule has 18 rings (SSSR count).